The average molecular weight is 509 g/mol. The van der Waals surface area contributed by atoms with Gasteiger partial charge >= 0.3 is 5.97 Å². The number of carbonyl (C=O) groups is 1. The summed E-state index contributed by atoms with van der Waals surface area (Å²) < 4.78 is 13.9. The minimum Gasteiger partial charge on any atom is -0.487 e. The molecule has 2 unspecified atom stereocenters. The molecule has 2 aromatic heterocycles. The van der Waals surface area contributed by atoms with E-state index in [1.807, 2.05) is 35.0 Å². The molecule has 192 valence electrons. The third-order valence-corrected chi connectivity index (χ3v) is 7.30. The summed E-state index contributed by atoms with van der Waals surface area (Å²) in [6, 6.07) is 21.8. The molecule has 3 aromatic carbocycles. The number of carboxylic acid groups (broad SMARTS) is 1. The van der Waals surface area contributed by atoms with E-state index in [4.69, 9.17) is 20.3 Å². The van der Waals surface area contributed by atoms with Crippen LogP contribution in [0.15, 0.2) is 72.9 Å². The summed E-state index contributed by atoms with van der Waals surface area (Å²) in [7, 11) is 0. The fraction of sp³-hybridized carbons (Fsp3) is 0.233. The van der Waals surface area contributed by atoms with Gasteiger partial charge in [-0.1, -0.05) is 42.5 Å². The lowest BCUT2D eigenvalue weighted by molar-refractivity contribution is -0.138. The number of pyridine rings is 1. The molecule has 0 amide bonds. The summed E-state index contributed by atoms with van der Waals surface area (Å²) in [5.41, 5.74) is 10.7. The third kappa shape index (κ3) is 4.22. The van der Waals surface area contributed by atoms with Gasteiger partial charge < -0.3 is 20.3 Å². The van der Waals surface area contributed by atoms with Crippen LogP contribution in [-0.2, 0) is 16.1 Å². The summed E-state index contributed by atoms with van der Waals surface area (Å²) >= 11 is 0. The molecular weight excluding hydrogens is 480 g/mol. The van der Waals surface area contributed by atoms with E-state index in [-0.39, 0.29) is 12.6 Å². The van der Waals surface area contributed by atoms with Crippen LogP contribution in [0.1, 0.15) is 36.6 Å². The number of nitrogens with zero attached hydrogens (tertiary/aromatic N) is 3. The van der Waals surface area contributed by atoms with Crippen LogP contribution in [0.25, 0.3) is 32.8 Å². The molecule has 3 heterocycles. The second kappa shape index (κ2) is 9.79. The predicted molar refractivity (Wildman–Crippen MR) is 146 cm³/mol. The van der Waals surface area contributed by atoms with Crippen molar-refractivity contribution < 1.29 is 19.4 Å². The molecule has 1 saturated heterocycles. The van der Waals surface area contributed by atoms with Gasteiger partial charge in [-0.05, 0) is 54.1 Å². The smallest absolute Gasteiger partial charge is 0.310 e. The monoisotopic (exact) mass is 508 g/mol. The second-order valence-electron chi connectivity index (χ2n) is 9.62. The number of nitrogen functional groups attached to an aromatic ring is 1. The molecule has 3 N–H and O–H groups in total. The van der Waals surface area contributed by atoms with Crippen molar-refractivity contribution in [2.24, 2.45) is 0 Å². The van der Waals surface area contributed by atoms with Crippen LogP contribution in [0.3, 0.4) is 0 Å². The first-order chi connectivity index (χ1) is 18.5. The maximum atomic E-state index is 11.6. The number of aromatic nitrogens is 3. The van der Waals surface area contributed by atoms with Gasteiger partial charge in [0.15, 0.2) is 0 Å². The van der Waals surface area contributed by atoms with Crippen LogP contribution in [-0.4, -0.2) is 39.1 Å². The van der Waals surface area contributed by atoms with Crippen molar-refractivity contribution in [1.29, 1.82) is 0 Å². The SMILES string of the molecule is CC(C(=O)O)c1ccccc1OCc1nn(C2CCOC2)c2ccc(-c3cccc4c(N)nccc34)cc12. The molecule has 2 atom stereocenters. The highest BCUT2D eigenvalue weighted by Gasteiger charge is 2.24. The average Bonchev–Trinajstić information content (AvgIpc) is 3.59. The van der Waals surface area contributed by atoms with E-state index in [1.165, 1.54) is 0 Å². The van der Waals surface area contributed by atoms with Crippen molar-refractivity contribution >= 4 is 33.5 Å². The molecule has 6 rings (SSSR count). The zero-order valence-electron chi connectivity index (χ0n) is 21.0. The molecule has 5 aromatic rings. The van der Waals surface area contributed by atoms with E-state index in [9.17, 15) is 9.90 Å². The number of ether oxygens (including phenoxy) is 2. The topological polar surface area (TPSA) is 112 Å². The summed E-state index contributed by atoms with van der Waals surface area (Å²) in [6.45, 7) is 3.19. The lowest BCUT2D eigenvalue weighted by Crippen LogP contribution is -2.11. The van der Waals surface area contributed by atoms with Gasteiger partial charge in [-0.25, -0.2) is 4.98 Å². The van der Waals surface area contributed by atoms with Crippen molar-refractivity contribution in [1.82, 2.24) is 14.8 Å². The molecule has 0 saturated carbocycles. The van der Waals surface area contributed by atoms with Crippen LogP contribution in [0, 0.1) is 0 Å². The van der Waals surface area contributed by atoms with Gasteiger partial charge in [0, 0.05) is 29.1 Å². The van der Waals surface area contributed by atoms with E-state index in [0.717, 1.165) is 44.9 Å². The van der Waals surface area contributed by atoms with Gasteiger partial charge in [0.2, 0.25) is 0 Å². The number of fused-ring (bicyclic) bond motifs is 2. The lowest BCUT2D eigenvalue weighted by Gasteiger charge is -2.13. The zero-order valence-corrected chi connectivity index (χ0v) is 21.0. The second-order valence-corrected chi connectivity index (χ2v) is 9.62. The van der Waals surface area contributed by atoms with E-state index in [1.54, 1.807) is 25.3 Å². The fourth-order valence-electron chi connectivity index (χ4n) is 5.20. The Labute approximate surface area is 219 Å². The number of nitrogens with two attached hydrogens (primary N) is 1. The Hall–Kier alpha value is -4.43. The molecule has 1 aliphatic rings. The standard InChI is InChI=1S/C30H28N4O4/c1-18(30(35)36)21-5-2-3-8-28(21)38-17-26-25-15-19(9-10-27(25)34(33-26)20-12-14-37-16-20)22-6-4-7-24-23(22)11-13-32-29(24)31/h2-11,13,15,18,20H,12,14,16-17H2,1H3,(H2,31,32)(H,35,36). The van der Waals surface area contributed by atoms with E-state index in [0.29, 0.717) is 30.3 Å². The van der Waals surface area contributed by atoms with E-state index < -0.39 is 11.9 Å². The Morgan fingerprint density at radius 2 is 2.00 bits per heavy atom. The normalized spacial score (nSPS) is 16.2. The number of hydrogen-bond donors (Lipinski definition) is 2. The first-order valence-electron chi connectivity index (χ1n) is 12.7. The van der Waals surface area contributed by atoms with Crippen LogP contribution < -0.4 is 10.5 Å². The minimum atomic E-state index is -0.896. The first kappa shape index (κ1) is 23.9. The highest BCUT2D eigenvalue weighted by atomic mass is 16.5. The van der Waals surface area contributed by atoms with Crippen LogP contribution in [0.2, 0.25) is 0 Å². The van der Waals surface area contributed by atoms with Gasteiger partial charge in [-0.2, -0.15) is 5.10 Å². The molecule has 0 spiro atoms. The van der Waals surface area contributed by atoms with Crippen molar-refractivity contribution in [3.8, 4) is 16.9 Å². The van der Waals surface area contributed by atoms with Crippen molar-refractivity contribution in [2.75, 3.05) is 18.9 Å². The maximum Gasteiger partial charge on any atom is 0.310 e. The molecule has 8 nitrogen and oxygen atoms in total. The first-order valence-corrected chi connectivity index (χ1v) is 12.7. The Morgan fingerprint density at radius 3 is 2.82 bits per heavy atom. The largest absolute Gasteiger partial charge is 0.487 e. The number of aliphatic carboxylic acids is 1. The van der Waals surface area contributed by atoms with Gasteiger partial charge in [0.25, 0.3) is 0 Å². The Bertz CT molecular complexity index is 1660. The summed E-state index contributed by atoms with van der Waals surface area (Å²) in [6.07, 6.45) is 2.63. The third-order valence-electron chi connectivity index (χ3n) is 7.30. The number of hydrogen-bond acceptors (Lipinski definition) is 6. The molecule has 1 fully saturated rings. The van der Waals surface area contributed by atoms with Gasteiger partial charge in [-0.15, -0.1) is 0 Å². The summed E-state index contributed by atoms with van der Waals surface area (Å²) in [5.74, 6) is -0.533. The number of benzene rings is 3. The Balaban J connectivity index is 1.43. The van der Waals surface area contributed by atoms with Crippen molar-refractivity contribution in [2.45, 2.75) is 31.9 Å². The summed E-state index contributed by atoms with van der Waals surface area (Å²) in [4.78, 5) is 15.9. The number of carboxylic acids is 1. The van der Waals surface area contributed by atoms with E-state index >= 15 is 0 Å². The quantitative estimate of drug-likeness (QED) is 0.296. The molecule has 0 bridgehead atoms. The molecule has 8 heteroatoms. The number of para-hydroxylation sites is 1. The Kier molecular flexibility index (Phi) is 6.17. The molecule has 1 aliphatic heterocycles. The molecule has 0 radical (unpaired) electrons. The molecule has 0 aliphatic carbocycles. The number of anilines is 1. The van der Waals surface area contributed by atoms with Gasteiger partial charge in [0.1, 0.15) is 23.9 Å². The highest BCUT2D eigenvalue weighted by Crippen LogP contribution is 2.35. The molecule has 38 heavy (non-hydrogen) atoms. The minimum absolute atomic E-state index is 0.153. The molecular formula is C30H28N4O4. The highest BCUT2D eigenvalue weighted by molar-refractivity contribution is 6.02. The zero-order chi connectivity index (χ0) is 26.2. The van der Waals surface area contributed by atoms with E-state index in [2.05, 4.69) is 29.2 Å². The van der Waals surface area contributed by atoms with Crippen LogP contribution in [0.5, 0.6) is 5.75 Å². The maximum absolute atomic E-state index is 11.6. The van der Waals surface area contributed by atoms with Crippen molar-refractivity contribution in [3.05, 3.63) is 84.2 Å². The summed E-state index contributed by atoms with van der Waals surface area (Å²) in [5, 5.41) is 17.4. The van der Waals surface area contributed by atoms with Crippen LogP contribution >= 0.6 is 0 Å². The fourth-order valence-corrected chi connectivity index (χ4v) is 5.20. The van der Waals surface area contributed by atoms with Gasteiger partial charge in [0.05, 0.1) is 24.1 Å². The predicted octanol–water partition coefficient (Wildman–Crippen LogP) is 5.56. The van der Waals surface area contributed by atoms with Crippen molar-refractivity contribution in [3.63, 3.8) is 0 Å². The van der Waals surface area contributed by atoms with Crippen LogP contribution in [0.4, 0.5) is 5.82 Å². The Morgan fingerprint density at radius 1 is 1.13 bits per heavy atom. The lowest BCUT2D eigenvalue weighted by atomic mass is 9.97. The van der Waals surface area contributed by atoms with Gasteiger partial charge in [-0.3, -0.25) is 9.48 Å². The number of rotatable bonds is 7.